The van der Waals surface area contributed by atoms with Gasteiger partial charge in [0.2, 0.25) is 5.91 Å². The fourth-order valence-corrected chi connectivity index (χ4v) is 2.51. The molecule has 98 valence electrons. The summed E-state index contributed by atoms with van der Waals surface area (Å²) in [6.07, 6.45) is 3.27. The molecule has 19 heavy (non-hydrogen) atoms. The third kappa shape index (κ3) is 2.63. The minimum absolute atomic E-state index is 0.137. The number of hydrogen-bond donors (Lipinski definition) is 2. The molecule has 0 unspecified atom stereocenters. The topological polar surface area (TPSA) is 54.0 Å². The van der Waals surface area contributed by atoms with Crippen molar-refractivity contribution < 1.29 is 4.79 Å². The van der Waals surface area contributed by atoms with E-state index in [1.807, 2.05) is 24.3 Å². The molecule has 2 heterocycles. The summed E-state index contributed by atoms with van der Waals surface area (Å²) < 4.78 is 0. The van der Waals surface area contributed by atoms with Crippen LogP contribution >= 0.6 is 11.6 Å². The van der Waals surface area contributed by atoms with Crippen molar-refractivity contribution in [1.29, 1.82) is 0 Å². The van der Waals surface area contributed by atoms with Gasteiger partial charge in [0.15, 0.2) is 0 Å². The van der Waals surface area contributed by atoms with E-state index in [1.54, 1.807) is 6.20 Å². The van der Waals surface area contributed by atoms with Gasteiger partial charge < -0.3 is 10.6 Å². The van der Waals surface area contributed by atoms with Crippen LogP contribution in [-0.4, -0.2) is 23.5 Å². The average molecular weight is 276 g/mol. The smallest absolute Gasteiger partial charge is 0.220 e. The molecule has 0 bridgehead atoms. The number of anilines is 1. The Hall–Kier alpha value is -1.81. The number of nitrogens with zero attached hydrogens (tertiary/aromatic N) is 1. The number of amides is 1. The number of pyridine rings is 1. The zero-order valence-electron chi connectivity index (χ0n) is 10.3. The van der Waals surface area contributed by atoms with Crippen LogP contribution in [-0.2, 0) is 4.79 Å². The van der Waals surface area contributed by atoms with Crippen LogP contribution in [0.4, 0.5) is 5.69 Å². The Morgan fingerprint density at radius 2 is 2.32 bits per heavy atom. The average Bonchev–Trinajstić information content (AvgIpc) is 2.81. The Kier molecular flexibility index (Phi) is 3.25. The number of carbonyl (C=O) groups excluding carboxylic acids is 1. The molecule has 4 nitrogen and oxygen atoms in total. The predicted octanol–water partition coefficient (Wildman–Crippen LogP) is 2.58. The Labute approximate surface area is 116 Å². The molecule has 1 saturated heterocycles. The van der Waals surface area contributed by atoms with Crippen LogP contribution in [0.2, 0.25) is 5.02 Å². The van der Waals surface area contributed by atoms with Gasteiger partial charge in [-0.2, -0.15) is 0 Å². The minimum atomic E-state index is 0.137. The van der Waals surface area contributed by atoms with Crippen molar-refractivity contribution in [3.8, 4) is 0 Å². The predicted molar refractivity (Wildman–Crippen MR) is 76.4 cm³/mol. The molecule has 1 aromatic carbocycles. The molecule has 1 aliphatic rings. The largest absolute Gasteiger partial charge is 0.382 e. The van der Waals surface area contributed by atoms with E-state index in [-0.39, 0.29) is 11.9 Å². The van der Waals surface area contributed by atoms with Gasteiger partial charge in [-0.3, -0.25) is 9.78 Å². The Morgan fingerprint density at radius 1 is 1.42 bits per heavy atom. The lowest BCUT2D eigenvalue weighted by atomic mass is 10.1. The summed E-state index contributed by atoms with van der Waals surface area (Å²) in [4.78, 5) is 15.5. The summed E-state index contributed by atoms with van der Waals surface area (Å²) in [6, 6.07) is 7.81. The highest BCUT2D eigenvalue weighted by Crippen LogP contribution is 2.24. The lowest BCUT2D eigenvalue weighted by Gasteiger charge is -2.14. The van der Waals surface area contributed by atoms with Crippen LogP contribution in [0, 0.1) is 0 Å². The number of aromatic nitrogens is 1. The summed E-state index contributed by atoms with van der Waals surface area (Å²) in [5, 5.41) is 8.03. The van der Waals surface area contributed by atoms with Crippen molar-refractivity contribution in [2.24, 2.45) is 0 Å². The van der Waals surface area contributed by atoms with E-state index in [2.05, 4.69) is 15.6 Å². The molecular weight excluding hydrogens is 262 g/mol. The Morgan fingerprint density at radius 3 is 3.11 bits per heavy atom. The first-order chi connectivity index (χ1) is 9.22. The van der Waals surface area contributed by atoms with Gasteiger partial charge in [-0.1, -0.05) is 11.6 Å². The summed E-state index contributed by atoms with van der Waals surface area (Å²) in [5.41, 5.74) is 1.88. The molecule has 1 aliphatic heterocycles. The number of benzene rings is 1. The maximum absolute atomic E-state index is 11.2. The van der Waals surface area contributed by atoms with Crippen molar-refractivity contribution in [3.63, 3.8) is 0 Å². The van der Waals surface area contributed by atoms with Crippen molar-refractivity contribution in [2.75, 3.05) is 11.9 Å². The molecule has 5 heteroatoms. The standard InChI is InChI=1S/C14H14ClN3O/c15-9-1-3-11-12(5-6-16-13(11)7-9)17-8-10-2-4-14(19)18-10/h1,3,5-7,10H,2,4,8H2,(H,16,17)(H,18,19)/t10-/m0/s1. The zero-order chi connectivity index (χ0) is 13.2. The molecule has 2 N–H and O–H groups in total. The molecule has 1 atom stereocenters. The van der Waals surface area contributed by atoms with Gasteiger partial charge in [0.1, 0.15) is 0 Å². The first-order valence-corrected chi connectivity index (χ1v) is 6.68. The van der Waals surface area contributed by atoms with E-state index in [0.29, 0.717) is 11.4 Å². The lowest BCUT2D eigenvalue weighted by molar-refractivity contribution is -0.119. The minimum Gasteiger partial charge on any atom is -0.382 e. The molecular formula is C14H14ClN3O. The molecule has 0 radical (unpaired) electrons. The molecule has 2 aromatic rings. The highest BCUT2D eigenvalue weighted by atomic mass is 35.5. The van der Waals surface area contributed by atoms with Crippen LogP contribution in [0.5, 0.6) is 0 Å². The van der Waals surface area contributed by atoms with Crippen molar-refractivity contribution >= 4 is 34.1 Å². The monoisotopic (exact) mass is 275 g/mol. The number of fused-ring (bicyclic) bond motifs is 1. The third-order valence-corrected chi connectivity index (χ3v) is 3.56. The Balaban J connectivity index is 1.79. The normalized spacial score (nSPS) is 18.6. The van der Waals surface area contributed by atoms with Crippen molar-refractivity contribution in [1.82, 2.24) is 10.3 Å². The zero-order valence-corrected chi connectivity index (χ0v) is 11.1. The summed E-state index contributed by atoms with van der Waals surface area (Å²) in [7, 11) is 0. The van der Waals surface area contributed by atoms with E-state index in [1.165, 1.54) is 0 Å². The highest BCUT2D eigenvalue weighted by molar-refractivity contribution is 6.31. The second kappa shape index (κ2) is 5.05. The first-order valence-electron chi connectivity index (χ1n) is 6.30. The SMILES string of the molecule is O=C1CC[C@@H](CNc2ccnc3cc(Cl)ccc23)N1. The van der Waals surface area contributed by atoms with E-state index < -0.39 is 0 Å². The van der Waals surface area contributed by atoms with Crippen LogP contribution < -0.4 is 10.6 Å². The van der Waals surface area contributed by atoms with Crippen LogP contribution in [0.25, 0.3) is 10.9 Å². The molecule has 0 aliphatic carbocycles. The summed E-state index contributed by atoms with van der Waals surface area (Å²) in [6.45, 7) is 0.730. The van der Waals surface area contributed by atoms with Crippen LogP contribution in [0.15, 0.2) is 30.5 Å². The molecule has 1 amide bonds. The number of nitrogens with one attached hydrogen (secondary N) is 2. The van der Waals surface area contributed by atoms with Gasteiger partial charge in [0, 0.05) is 41.3 Å². The van der Waals surface area contributed by atoms with Gasteiger partial charge in [-0.05, 0) is 30.7 Å². The van der Waals surface area contributed by atoms with Gasteiger partial charge in [0.25, 0.3) is 0 Å². The van der Waals surface area contributed by atoms with Gasteiger partial charge >= 0.3 is 0 Å². The quantitative estimate of drug-likeness (QED) is 0.905. The fourth-order valence-electron chi connectivity index (χ4n) is 2.34. The molecule has 3 rings (SSSR count). The van der Waals surface area contributed by atoms with Crippen molar-refractivity contribution in [3.05, 3.63) is 35.5 Å². The van der Waals surface area contributed by atoms with E-state index in [4.69, 9.17) is 11.6 Å². The molecule has 1 fully saturated rings. The second-order valence-electron chi connectivity index (χ2n) is 4.70. The maximum atomic E-state index is 11.2. The highest BCUT2D eigenvalue weighted by Gasteiger charge is 2.20. The first kappa shape index (κ1) is 12.2. The molecule has 0 spiro atoms. The summed E-state index contributed by atoms with van der Waals surface area (Å²) in [5.74, 6) is 0.137. The maximum Gasteiger partial charge on any atom is 0.220 e. The lowest BCUT2D eigenvalue weighted by Crippen LogP contribution is -2.31. The van der Waals surface area contributed by atoms with Crippen molar-refractivity contribution in [2.45, 2.75) is 18.9 Å². The summed E-state index contributed by atoms with van der Waals surface area (Å²) >= 11 is 5.96. The van der Waals surface area contributed by atoms with Crippen LogP contribution in [0.3, 0.4) is 0 Å². The van der Waals surface area contributed by atoms with E-state index >= 15 is 0 Å². The number of rotatable bonds is 3. The number of carbonyl (C=O) groups is 1. The van der Waals surface area contributed by atoms with Gasteiger partial charge in [-0.25, -0.2) is 0 Å². The third-order valence-electron chi connectivity index (χ3n) is 3.33. The van der Waals surface area contributed by atoms with E-state index in [9.17, 15) is 4.79 Å². The van der Waals surface area contributed by atoms with Crippen LogP contribution in [0.1, 0.15) is 12.8 Å². The fraction of sp³-hybridized carbons (Fsp3) is 0.286. The number of hydrogen-bond acceptors (Lipinski definition) is 3. The van der Waals surface area contributed by atoms with Gasteiger partial charge in [0.05, 0.1) is 5.52 Å². The molecule has 0 saturated carbocycles. The molecule has 1 aromatic heterocycles. The van der Waals surface area contributed by atoms with E-state index in [0.717, 1.165) is 29.6 Å². The Bertz CT molecular complexity index is 629. The second-order valence-corrected chi connectivity index (χ2v) is 5.14. The van der Waals surface area contributed by atoms with Gasteiger partial charge in [-0.15, -0.1) is 0 Å². The number of halogens is 1.